The molecule has 2 aromatic rings. The number of carbonyl (C=O) groups excluding carboxylic acids is 1. The number of nitro groups is 1. The third kappa shape index (κ3) is 2.80. The summed E-state index contributed by atoms with van der Waals surface area (Å²) in [6.07, 6.45) is 0.239. The van der Waals surface area contributed by atoms with Crippen molar-refractivity contribution in [2.24, 2.45) is 0 Å². The van der Waals surface area contributed by atoms with Gasteiger partial charge in [0.1, 0.15) is 6.04 Å². The molecule has 1 amide bonds. The first-order valence-corrected chi connectivity index (χ1v) is 9.30. The molecule has 0 bridgehead atoms. The average molecular weight is 375 g/mol. The first kappa shape index (κ1) is 17.9. The van der Waals surface area contributed by atoms with Crippen molar-refractivity contribution in [3.8, 4) is 0 Å². The number of hydrogen-bond acceptors (Lipinski definition) is 5. The summed E-state index contributed by atoms with van der Waals surface area (Å²) < 4.78 is 27.8. The number of nitrogens with zero attached hydrogens (tertiary/aromatic N) is 2. The highest BCUT2D eigenvalue weighted by atomic mass is 32.2. The van der Waals surface area contributed by atoms with E-state index in [1.165, 1.54) is 19.2 Å². The van der Waals surface area contributed by atoms with Crippen LogP contribution in [-0.2, 0) is 21.2 Å². The molecule has 9 heteroatoms. The molecule has 1 unspecified atom stereocenters. The van der Waals surface area contributed by atoms with Crippen LogP contribution in [-0.4, -0.2) is 32.3 Å². The fourth-order valence-electron chi connectivity index (χ4n) is 3.11. The van der Waals surface area contributed by atoms with Gasteiger partial charge in [0.2, 0.25) is 5.91 Å². The maximum Gasteiger partial charge on any atom is 0.270 e. The molecule has 0 saturated heterocycles. The lowest BCUT2D eigenvalue weighted by Crippen LogP contribution is -2.47. The lowest BCUT2D eigenvalue weighted by atomic mass is 10.1. The van der Waals surface area contributed by atoms with Crippen molar-refractivity contribution in [3.63, 3.8) is 0 Å². The second-order valence-electron chi connectivity index (χ2n) is 5.97. The lowest BCUT2D eigenvalue weighted by molar-refractivity contribution is -0.385. The minimum Gasteiger partial charge on any atom is -0.357 e. The Balaban J connectivity index is 2.20. The summed E-state index contributed by atoms with van der Waals surface area (Å²) >= 11 is 0. The highest BCUT2D eigenvalue weighted by Crippen LogP contribution is 2.38. The quantitative estimate of drug-likeness (QED) is 0.647. The van der Waals surface area contributed by atoms with Crippen molar-refractivity contribution in [1.29, 1.82) is 0 Å². The highest BCUT2D eigenvalue weighted by Gasteiger charge is 2.42. The number of nitrogens with one attached hydrogen (secondary N) is 1. The predicted molar refractivity (Wildman–Crippen MR) is 95.5 cm³/mol. The monoisotopic (exact) mass is 375 g/mol. The van der Waals surface area contributed by atoms with E-state index in [1.807, 2.05) is 0 Å². The third-order valence-corrected chi connectivity index (χ3v) is 6.36. The maximum atomic E-state index is 13.3. The first-order valence-electron chi connectivity index (χ1n) is 7.86. The summed E-state index contributed by atoms with van der Waals surface area (Å²) in [6, 6.07) is 9.59. The van der Waals surface area contributed by atoms with E-state index in [2.05, 4.69) is 5.32 Å². The van der Waals surface area contributed by atoms with Crippen LogP contribution < -0.4 is 9.62 Å². The van der Waals surface area contributed by atoms with Gasteiger partial charge in [0, 0.05) is 25.6 Å². The van der Waals surface area contributed by atoms with E-state index in [1.54, 1.807) is 31.2 Å². The first-order chi connectivity index (χ1) is 12.3. The largest absolute Gasteiger partial charge is 0.357 e. The van der Waals surface area contributed by atoms with Crippen molar-refractivity contribution in [2.75, 3.05) is 11.4 Å². The number of carbonyl (C=O) groups is 1. The second kappa shape index (κ2) is 6.41. The summed E-state index contributed by atoms with van der Waals surface area (Å²) in [5.41, 5.74) is 1.19. The normalized spacial score (nSPS) is 16.2. The van der Waals surface area contributed by atoms with Crippen LogP contribution in [0.1, 0.15) is 11.1 Å². The maximum absolute atomic E-state index is 13.3. The Hall–Kier alpha value is -2.94. The molecular formula is C17H17N3O5S. The Labute approximate surface area is 150 Å². The van der Waals surface area contributed by atoms with Crippen LogP contribution in [0.3, 0.4) is 0 Å². The Morgan fingerprint density at radius 2 is 1.96 bits per heavy atom. The van der Waals surface area contributed by atoms with Crippen molar-refractivity contribution < 1.29 is 18.1 Å². The van der Waals surface area contributed by atoms with Gasteiger partial charge >= 0.3 is 0 Å². The van der Waals surface area contributed by atoms with Gasteiger partial charge in [-0.15, -0.1) is 0 Å². The molecule has 1 aliphatic heterocycles. The van der Waals surface area contributed by atoms with Gasteiger partial charge in [-0.1, -0.05) is 24.3 Å². The summed E-state index contributed by atoms with van der Waals surface area (Å²) in [5.74, 6) is -0.437. The number of rotatable bonds is 4. The molecule has 1 aliphatic rings. The SMILES string of the molecule is CNC(=O)C1Cc2ccccc2N1S(=O)(=O)c1cc([N+](=O)[O-])ccc1C. The zero-order chi connectivity index (χ0) is 19.1. The number of anilines is 1. The fourth-order valence-corrected chi connectivity index (χ4v) is 5.01. The minimum atomic E-state index is -4.18. The number of hydrogen-bond donors (Lipinski definition) is 1. The van der Waals surface area contributed by atoms with Gasteiger partial charge in [-0.05, 0) is 24.1 Å². The Morgan fingerprint density at radius 3 is 2.62 bits per heavy atom. The molecule has 8 nitrogen and oxygen atoms in total. The van der Waals surface area contributed by atoms with E-state index < -0.39 is 26.9 Å². The predicted octanol–water partition coefficient (Wildman–Crippen LogP) is 1.77. The van der Waals surface area contributed by atoms with Gasteiger partial charge in [0.15, 0.2) is 0 Å². The Morgan fingerprint density at radius 1 is 1.27 bits per heavy atom. The van der Waals surface area contributed by atoms with Gasteiger partial charge in [-0.25, -0.2) is 8.42 Å². The summed E-state index contributed by atoms with van der Waals surface area (Å²) in [7, 11) is -2.74. The number of para-hydroxylation sites is 1. The molecule has 0 aliphatic carbocycles. The van der Waals surface area contributed by atoms with E-state index in [4.69, 9.17) is 0 Å². The standard InChI is InChI=1S/C17H17N3O5S/c1-11-7-8-13(20(22)23)10-16(11)26(24,25)19-14-6-4-3-5-12(14)9-15(19)17(21)18-2/h3-8,10,15H,9H2,1-2H3,(H,18,21). The molecule has 3 rings (SSSR count). The second-order valence-corrected chi connectivity index (χ2v) is 7.75. The fraction of sp³-hybridized carbons (Fsp3) is 0.235. The summed E-state index contributed by atoms with van der Waals surface area (Å²) in [4.78, 5) is 22.5. The van der Waals surface area contributed by atoms with Crippen LogP contribution in [0.15, 0.2) is 47.4 Å². The minimum absolute atomic E-state index is 0.183. The van der Waals surface area contributed by atoms with Crippen molar-refractivity contribution in [1.82, 2.24) is 5.32 Å². The molecule has 1 heterocycles. The molecule has 1 atom stereocenters. The molecule has 0 spiro atoms. The third-order valence-electron chi connectivity index (χ3n) is 4.39. The van der Waals surface area contributed by atoms with Crippen LogP contribution in [0.2, 0.25) is 0 Å². The van der Waals surface area contributed by atoms with Crippen LogP contribution >= 0.6 is 0 Å². The smallest absolute Gasteiger partial charge is 0.270 e. The van der Waals surface area contributed by atoms with Crippen molar-refractivity contribution >= 4 is 27.3 Å². The van der Waals surface area contributed by atoms with E-state index in [0.717, 1.165) is 15.9 Å². The highest BCUT2D eigenvalue weighted by molar-refractivity contribution is 7.93. The molecule has 26 heavy (non-hydrogen) atoms. The molecular weight excluding hydrogens is 358 g/mol. The van der Waals surface area contributed by atoms with Crippen LogP contribution in [0.4, 0.5) is 11.4 Å². The molecule has 136 valence electrons. The Bertz CT molecular complexity index is 1000. The lowest BCUT2D eigenvalue weighted by Gasteiger charge is -2.26. The topological polar surface area (TPSA) is 110 Å². The van der Waals surface area contributed by atoms with Crippen LogP contribution in [0, 0.1) is 17.0 Å². The Kier molecular flexibility index (Phi) is 4.41. The van der Waals surface area contributed by atoms with Crippen LogP contribution in [0.5, 0.6) is 0 Å². The van der Waals surface area contributed by atoms with Gasteiger partial charge in [0.05, 0.1) is 15.5 Å². The van der Waals surface area contributed by atoms with E-state index in [-0.39, 0.29) is 17.0 Å². The van der Waals surface area contributed by atoms with Gasteiger partial charge in [0.25, 0.3) is 15.7 Å². The number of non-ortho nitro benzene ring substituents is 1. The summed E-state index contributed by atoms with van der Waals surface area (Å²) in [6.45, 7) is 1.56. The van der Waals surface area contributed by atoms with Crippen molar-refractivity contribution in [3.05, 3.63) is 63.7 Å². The number of fused-ring (bicyclic) bond motifs is 1. The molecule has 2 aromatic carbocycles. The number of amides is 1. The average Bonchev–Trinajstić information content (AvgIpc) is 3.01. The van der Waals surface area contributed by atoms with Gasteiger partial charge < -0.3 is 5.32 Å². The van der Waals surface area contributed by atoms with Gasteiger partial charge in [-0.3, -0.25) is 19.2 Å². The molecule has 1 N–H and O–H groups in total. The zero-order valence-electron chi connectivity index (χ0n) is 14.2. The summed E-state index contributed by atoms with van der Waals surface area (Å²) in [5, 5.41) is 13.5. The number of nitro benzene ring substituents is 1. The molecule has 0 radical (unpaired) electrons. The zero-order valence-corrected chi connectivity index (χ0v) is 15.0. The molecule has 0 aromatic heterocycles. The van der Waals surface area contributed by atoms with E-state index >= 15 is 0 Å². The van der Waals surface area contributed by atoms with Gasteiger partial charge in [-0.2, -0.15) is 0 Å². The molecule has 0 fully saturated rings. The number of benzene rings is 2. The van der Waals surface area contributed by atoms with E-state index in [0.29, 0.717) is 11.3 Å². The van der Waals surface area contributed by atoms with E-state index in [9.17, 15) is 23.3 Å². The molecule has 0 saturated carbocycles. The van der Waals surface area contributed by atoms with Crippen LogP contribution in [0.25, 0.3) is 0 Å². The number of likely N-dealkylation sites (N-methyl/N-ethyl adjacent to an activating group) is 1. The number of aryl methyl sites for hydroxylation is 1. The van der Waals surface area contributed by atoms with Crippen molar-refractivity contribution in [2.45, 2.75) is 24.3 Å². The number of sulfonamides is 1.